The Bertz CT molecular complexity index is 156. The van der Waals surface area contributed by atoms with Crippen LogP contribution in [0.4, 0.5) is 0 Å². The molecule has 1 saturated heterocycles. The first kappa shape index (κ1) is 12.0. The number of likely N-dealkylation sites (N-methyl/N-ethyl adjacent to an activating group) is 1. The summed E-state index contributed by atoms with van der Waals surface area (Å²) < 4.78 is 0. The molecule has 1 aliphatic rings. The van der Waals surface area contributed by atoms with Crippen molar-refractivity contribution in [2.45, 2.75) is 39.7 Å². The van der Waals surface area contributed by atoms with Gasteiger partial charge in [0.1, 0.15) is 0 Å². The molecule has 0 saturated carbocycles. The maximum absolute atomic E-state index is 3.64. The quantitative estimate of drug-likeness (QED) is 0.743. The van der Waals surface area contributed by atoms with Gasteiger partial charge in [-0.15, -0.1) is 0 Å². The van der Waals surface area contributed by atoms with E-state index < -0.39 is 0 Å². The highest BCUT2D eigenvalue weighted by Crippen LogP contribution is 2.22. The fourth-order valence-corrected chi connectivity index (χ4v) is 2.34. The molecule has 1 rings (SSSR count). The largest absolute Gasteiger partial charge is 0.313 e. The molecule has 1 fully saturated rings. The standard InChI is InChI=1S/C12H26N2/c1-5-6-13-12-7-11(10(2)3)8-14(4)9-12/h10-13H,5-9H2,1-4H3. The number of nitrogens with zero attached hydrogens (tertiary/aromatic N) is 1. The number of nitrogens with one attached hydrogen (secondary N) is 1. The van der Waals surface area contributed by atoms with Crippen LogP contribution in [0.25, 0.3) is 0 Å². The van der Waals surface area contributed by atoms with Crippen LogP contribution < -0.4 is 5.32 Å². The minimum absolute atomic E-state index is 0.723. The Morgan fingerprint density at radius 1 is 1.36 bits per heavy atom. The molecule has 1 heterocycles. The summed E-state index contributed by atoms with van der Waals surface area (Å²) in [4.78, 5) is 2.47. The highest BCUT2D eigenvalue weighted by molar-refractivity contribution is 4.83. The van der Waals surface area contributed by atoms with Crippen molar-refractivity contribution in [1.29, 1.82) is 0 Å². The second kappa shape index (κ2) is 5.72. The van der Waals surface area contributed by atoms with Crippen molar-refractivity contribution in [3.05, 3.63) is 0 Å². The van der Waals surface area contributed by atoms with Gasteiger partial charge in [0, 0.05) is 19.1 Å². The molecule has 2 nitrogen and oxygen atoms in total. The van der Waals surface area contributed by atoms with E-state index in [0.717, 1.165) is 17.9 Å². The number of likely N-dealkylation sites (tertiary alicyclic amines) is 1. The van der Waals surface area contributed by atoms with Gasteiger partial charge in [0.05, 0.1) is 0 Å². The molecule has 0 amide bonds. The number of hydrogen-bond acceptors (Lipinski definition) is 2. The first-order valence-corrected chi connectivity index (χ1v) is 6.05. The highest BCUT2D eigenvalue weighted by atomic mass is 15.1. The van der Waals surface area contributed by atoms with Crippen LogP contribution in [0.1, 0.15) is 33.6 Å². The van der Waals surface area contributed by atoms with Crippen LogP contribution in [0.5, 0.6) is 0 Å². The molecular weight excluding hydrogens is 172 g/mol. The van der Waals surface area contributed by atoms with E-state index in [4.69, 9.17) is 0 Å². The summed E-state index contributed by atoms with van der Waals surface area (Å²) in [6, 6.07) is 0.723. The lowest BCUT2D eigenvalue weighted by atomic mass is 9.86. The van der Waals surface area contributed by atoms with Crippen molar-refractivity contribution in [2.24, 2.45) is 11.8 Å². The average molecular weight is 198 g/mol. The second-order valence-corrected chi connectivity index (χ2v) is 5.11. The van der Waals surface area contributed by atoms with E-state index in [1.54, 1.807) is 0 Å². The summed E-state index contributed by atoms with van der Waals surface area (Å²) in [5, 5.41) is 3.64. The first-order valence-electron chi connectivity index (χ1n) is 6.05. The Morgan fingerprint density at radius 2 is 2.07 bits per heavy atom. The van der Waals surface area contributed by atoms with Gasteiger partial charge in [-0.1, -0.05) is 20.8 Å². The molecule has 84 valence electrons. The Labute approximate surface area is 89.1 Å². The molecular formula is C12H26N2. The minimum atomic E-state index is 0.723. The summed E-state index contributed by atoms with van der Waals surface area (Å²) in [5.41, 5.74) is 0. The van der Waals surface area contributed by atoms with Crippen molar-refractivity contribution in [3.63, 3.8) is 0 Å². The van der Waals surface area contributed by atoms with Crippen molar-refractivity contribution < 1.29 is 0 Å². The van der Waals surface area contributed by atoms with Crippen LogP contribution in [0.15, 0.2) is 0 Å². The van der Waals surface area contributed by atoms with Gasteiger partial charge in [0.15, 0.2) is 0 Å². The molecule has 0 aromatic carbocycles. The fraction of sp³-hybridized carbons (Fsp3) is 1.00. The van der Waals surface area contributed by atoms with Gasteiger partial charge < -0.3 is 10.2 Å². The van der Waals surface area contributed by atoms with Gasteiger partial charge in [-0.2, -0.15) is 0 Å². The molecule has 0 bridgehead atoms. The lowest BCUT2D eigenvalue weighted by Crippen LogP contribution is -2.48. The third kappa shape index (κ3) is 3.58. The van der Waals surface area contributed by atoms with Crippen molar-refractivity contribution >= 4 is 0 Å². The number of hydrogen-bond donors (Lipinski definition) is 1. The van der Waals surface area contributed by atoms with Crippen LogP contribution >= 0.6 is 0 Å². The minimum Gasteiger partial charge on any atom is -0.313 e. The third-order valence-electron chi connectivity index (χ3n) is 3.29. The lowest BCUT2D eigenvalue weighted by molar-refractivity contribution is 0.139. The topological polar surface area (TPSA) is 15.3 Å². The van der Waals surface area contributed by atoms with Gasteiger partial charge in [0.25, 0.3) is 0 Å². The van der Waals surface area contributed by atoms with E-state index in [1.165, 1.54) is 32.5 Å². The van der Waals surface area contributed by atoms with Crippen LogP contribution in [0, 0.1) is 11.8 Å². The van der Waals surface area contributed by atoms with Gasteiger partial charge in [0.2, 0.25) is 0 Å². The fourth-order valence-electron chi connectivity index (χ4n) is 2.34. The van der Waals surface area contributed by atoms with E-state index in [-0.39, 0.29) is 0 Å². The normalized spacial score (nSPS) is 29.8. The van der Waals surface area contributed by atoms with Crippen LogP contribution in [0.2, 0.25) is 0 Å². The molecule has 2 heteroatoms. The van der Waals surface area contributed by atoms with Crippen molar-refractivity contribution in [3.8, 4) is 0 Å². The van der Waals surface area contributed by atoms with Crippen LogP contribution in [0.3, 0.4) is 0 Å². The summed E-state index contributed by atoms with van der Waals surface area (Å²) in [6.45, 7) is 10.6. The van der Waals surface area contributed by atoms with E-state index >= 15 is 0 Å². The highest BCUT2D eigenvalue weighted by Gasteiger charge is 2.26. The van der Waals surface area contributed by atoms with Crippen LogP contribution in [-0.4, -0.2) is 37.6 Å². The molecule has 2 atom stereocenters. The van der Waals surface area contributed by atoms with Gasteiger partial charge in [-0.25, -0.2) is 0 Å². The van der Waals surface area contributed by atoms with Crippen molar-refractivity contribution in [2.75, 3.05) is 26.7 Å². The smallest absolute Gasteiger partial charge is 0.0198 e. The van der Waals surface area contributed by atoms with Crippen molar-refractivity contribution in [1.82, 2.24) is 10.2 Å². The monoisotopic (exact) mass is 198 g/mol. The molecule has 1 aliphatic heterocycles. The molecule has 1 N–H and O–H groups in total. The zero-order chi connectivity index (χ0) is 10.6. The molecule has 0 aliphatic carbocycles. The first-order chi connectivity index (χ1) is 6.63. The van der Waals surface area contributed by atoms with Gasteiger partial charge in [-0.3, -0.25) is 0 Å². The Balaban J connectivity index is 2.37. The summed E-state index contributed by atoms with van der Waals surface area (Å²) in [5.74, 6) is 1.70. The molecule has 0 aromatic rings. The second-order valence-electron chi connectivity index (χ2n) is 5.11. The molecule has 2 unspecified atom stereocenters. The molecule has 0 spiro atoms. The molecule has 14 heavy (non-hydrogen) atoms. The Morgan fingerprint density at radius 3 is 2.64 bits per heavy atom. The zero-order valence-electron chi connectivity index (χ0n) is 10.2. The third-order valence-corrected chi connectivity index (χ3v) is 3.29. The number of rotatable bonds is 4. The van der Waals surface area contributed by atoms with E-state index in [1.807, 2.05) is 0 Å². The van der Waals surface area contributed by atoms with Crippen LogP contribution in [-0.2, 0) is 0 Å². The van der Waals surface area contributed by atoms with Gasteiger partial charge >= 0.3 is 0 Å². The Kier molecular flexibility index (Phi) is 4.90. The average Bonchev–Trinajstić information content (AvgIpc) is 2.14. The summed E-state index contributed by atoms with van der Waals surface area (Å²) in [6.07, 6.45) is 2.61. The van der Waals surface area contributed by atoms with E-state index in [9.17, 15) is 0 Å². The SMILES string of the molecule is CCCNC1CC(C(C)C)CN(C)C1. The van der Waals surface area contributed by atoms with E-state index in [0.29, 0.717) is 0 Å². The number of piperidine rings is 1. The molecule has 0 radical (unpaired) electrons. The Hall–Kier alpha value is -0.0800. The van der Waals surface area contributed by atoms with E-state index in [2.05, 4.69) is 38.0 Å². The summed E-state index contributed by atoms with van der Waals surface area (Å²) >= 11 is 0. The molecule has 0 aromatic heterocycles. The predicted molar refractivity (Wildman–Crippen MR) is 62.5 cm³/mol. The maximum Gasteiger partial charge on any atom is 0.0198 e. The summed E-state index contributed by atoms with van der Waals surface area (Å²) in [7, 11) is 2.25. The lowest BCUT2D eigenvalue weighted by Gasteiger charge is -2.38. The maximum atomic E-state index is 3.64. The zero-order valence-corrected chi connectivity index (χ0v) is 10.2. The predicted octanol–water partition coefficient (Wildman–Crippen LogP) is 1.96. The van der Waals surface area contributed by atoms with Gasteiger partial charge in [-0.05, 0) is 38.3 Å².